The van der Waals surface area contributed by atoms with Crippen LogP contribution in [-0.4, -0.2) is 39.6 Å². The number of nitrogens with two attached hydrogens (primary N) is 1. The number of benzene rings is 1. The summed E-state index contributed by atoms with van der Waals surface area (Å²) in [6, 6.07) is 10.6. The lowest BCUT2D eigenvalue weighted by atomic mass is 9.99. The predicted octanol–water partition coefficient (Wildman–Crippen LogP) is 4.48. The second-order valence-corrected chi connectivity index (χ2v) is 7.10. The minimum Gasteiger partial charge on any atom is -0.404 e. The fourth-order valence-electron chi connectivity index (χ4n) is 3.13. The standard InChI is InChI=1S/C22H20F4N6/c1-13-30-18-9-14(3-6-19(18)32(13)2)20-17(5-4-16(11-28)31-20)15(10-27)12-29-8-7-22(25,26)21(23)24/h3-6,9-10,12,21H,7-8,27H2,1-2H3. The third kappa shape index (κ3) is 4.61. The van der Waals surface area contributed by atoms with E-state index in [1.807, 2.05) is 42.8 Å². The van der Waals surface area contributed by atoms with Crippen molar-refractivity contribution >= 4 is 22.8 Å². The molecule has 166 valence electrons. The fourth-order valence-corrected chi connectivity index (χ4v) is 3.13. The van der Waals surface area contributed by atoms with Crippen molar-refractivity contribution in [3.63, 3.8) is 0 Å². The highest BCUT2D eigenvalue weighted by Gasteiger charge is 2.39. The SMILES string of the molecule is Cc1nc2cc(-c3nc(C#N)ccc3C(C=NCCC(F)(F)C(F)F)=CN)ccc2n1C. The van der Waals surface area contributed by atoms with Crippen molar-refractivity contribution in [2.45, 2.75) is 25.7 Å². The molecule has 0 amide bonds. The first-order valence-electron chi connectivity index (χ1n) is 9.60. The normalized spacial score (nSPS) is 12.8. The highest BCUT2D eigenvalue weighted by molar-refractivity contribution is 6.12. The summed E-state index contributed by atoms with van der Waals surface area (Å²) in [6.45, 7) is 1.37. The number of aliphatic imine (C=N–C) groups is 1. The number of allylic oxidation sites excluding steroid dienone is 1. The van der Waals surface area contributed by atoms with Crippen LogP contribution < -0.4 is 5.73 Å². The van der Waals surface area contributed by atoms with Gasteiger partial charge in [-0.2, -0.15) is 5.26 Å². The summed E-state index contributed by atoms with van der Waals surface area (Å²) in [5.41, 5.74) is 9.48. The molecule has 0 spiro atoms. The summed E-state index contributed by atoms with van der Waals surface area (Å²) in [6.07, 6.45) is -2.39. The molecule has 0 aliphatic rings. The minimum absolute atomic E-state index is 0.172. The van der Waals surface area contributed by atoms with Gasteiger partial charge in [-0.25, -0.2) is 27.5 Å². The first kappa shape index (κ1) is 22.9. The largest absolute Gasteiger partial charge is 0.404 e. The van der Waals surface area contributed by atoms with Crippen LogP contribution in [0.2, 0.25) is 0 Å². The van der Waals surface area contributed by atoms with E-state index >= 15 is 0 Å². The van der Waals surface area contributed by atoms with Gasteiger partial charge >= 0.3 is 12.3 Å². The molecule has 0 atom stereocenters. The Hall–Kier alpha value is -3.74. The molecule has 2 N–H and O–H groups in total. The molecule has 0 saturated carbocycles. The Morgan fingerprint density at radius 3 is 2.69 bits per heavy atom. The number of alkyl halides is 4. The maximum absolute atomic E-state index is 13.1. The molecule has 32 heavy (non-hydrogen) atoms. The molecule has 0 radical (unpaired) electrons. The van der Waals surface area contributed by atoms with Crippen molar-refractivity contribution in [1.29, 1.82) is 5.26 Å². The molecule has 10 heteroatoms. The van der Waals surface area contributed by atoms with Gasteiger partial charge in [-0.3, -0.25) is 4.99 Å². The molecule has 2 heterocycles. The van der Waals surface area contributed by atoms with E-state index in [9.17, 15) is 22.8 Å². The lowest BCUT2D eigenvalue weighted by Crippen LogP contribution is -2.27. The van der Waals surface area contributed by atoms with Crippen LogP contribution in [0, 0.1) is 18.3 Å². The molecule has 3 rings (SSSR count). The zero-order valence-electron chi connectivity index (χ0n) is 17.4. The van der Waals surface area contributed by atoms with E-state index in [2.05, 4.69) is 15.0 Å². The van der Waals surface area contributed by atoms with Gasteiger partial charge in [0, 0.05) is 49.1 Å². The van der Waals surface area contributed by atoms with E-state index in [-0.39, 0.29) is 5.69 Å². The number of nitrogens with zero attached hydrogens (tertiary/aromatic N) is 5. The molecule has 0 aliphatic heterocycles. The van der Waals surface area contributed by atoms with Crippen molar-refractivity contribution in [3.8, 4) is 17.3 Å². The summed E-state index contributed by atoms with van der Waals surface area (Å²) >= 11 is 0. The summed E-state index contributed by atoms with van der Waals surface area (Å²) < 4.78 is 52.7. The molecule has 3 aromatic rings. The molecule has 0 saturated heterocycles. The van der Waals surface area contributed by atoms with Gasteiger partial charge in [-0.05, 0) is 31.2 Å². The Kier molecular flexibility index (Phi) is 6.58. The van der Waals surface area contributed by atoms with Gasteiger partial charge < -0.3 is 10.3 Å². The van der Waals surface area contributed by atoms with Crippen LogP contribution in [0.1, 0.15) is 23.5 Å². The van der Waals surface area contributed by atoms with Gasteiger partial charge in [-0.1, -0.05) is 6.07 Å². The van der Waals surface area contributed by atoms with Gasteiger partial charge in [0.1, 0.15) is 17.6 Å². The molecular weight excluding hydrogens is 424 g/mol. The van der Waals surface area contributed by atoms with Crippen molar-refractivity contribution in [2.75, 3.05) is 6.54 Å². The van der Waals surface area contributed by atoms with Crippen LogP contribution >= 0.6 is 0 Å². The number of halogens is 4. The van der Waals surface area contributed by atoms with Crippen molar-refractivity contribution in [1.82, 2.24) is 14.5 Å². The van der Waals surface area contributed by atoms with Crippen LogP contribution in [-0.2, 0) is 7.05 Å². The average molecular weight is 444 g/mol. The topological polar surface area (TPSA) is 92.9 Å². The Morgan fingerprint density at radius 1 is 1.28 bits per heavy atom. The van der Waals surface area contributed by atoms with Crippen LogP contribution in [0.5, 0.6) is 0 Å². The second kappa shape index (κ2) is 9.18. The number of hydrogen-bond donors (Lipinski definition) is 1. The number of nitriles is 1. The summed E-state index contributed by atoms with van der Waals surface area (Å²) in [7, 11) is 1.90. The molecule has 0 bridgehead atoms. The zero-order chi connectivity index (χ0) is 23.5. The highest BCUT2D eigenvalue weighted by atomic mass is 19.3. The lowest BCUT2D eigenvalue weighted by Gasteiger charge is -2.13. The van der Waals surface area contributed by atoms with Gasteiger partial charge in [0.25, 0.3) is 0 Å². The van der Waals surface area contributed by atoms with E-state index < -0.39 is 25.3 Å². The minimum atomic E-state index is -4.11. The maximum atomic E-state index is 13.1. The quantitative estimate of drug-likeness (QED) is 0.430. The van der Waals surface area contributed by atoms with Crippen molar-refractivity contribution in [3.05, 3.63) is 53.6 Å². The number of imidazole rings is 1. The van der Waals surface area contributed by atoms with Gasteiger partial charge in [0.15, 0.2) is 0 Å². The van der Waals surface area contributed by atoms with Gasteiger partial charge in [-0.15, -0.1) is 0 Å². The van der Waals surface area contributed by atoms with Gasteiger partial charge in [0.05, 0.1) is 16.7 Å². The summed E-state index contributed by atoms with van der Waals surface area (Å²) in [5, 5.41) is 9.28. The monoisotopic (exact) mass is 444 g/mol. The Balaban J connectivity index is 1.98. The number of rotatable bonds is 7. The molecule has 0 fully saturated rings. The smallest absolute Gasteiger partial charge is 0.309 e. The van der Waals surface area contributed by atoms with E-state index in [0.717, 1.165) is 16.9 Å². The van der Waals surface area contributed by atoms with Crippen molar-refractivity contribution in [2.24, 2.45) is 17.8 Å². The third-order valence-corrected chi connectivity index (χ3v) is 5.00. The number of aryl methyl sites for hydroxylation is 2. The molecule has 0 aliphatic carbocycles. The van der Waals surface area contributed by atoms with E-state index in [1.165, 1.54) is 18.5 Å². The first-order chi connectivity index (χ1) is 15.2. The van der Waals surface area contributed by atoms with E-state index in [0.29, 0.717) is 22.4 Å². The van der Waals surface area contributed by atoms with E-state index in [1.54, 1.807) is 6.07 Å². The molecule has 0 unspecified atom stereocenters. The van der Waals surface area contributed by atoms with Gasteiger partial charge in [0.2, 0.25) is 0 Å². The van der Waals surface area contributed by atoms with Crippen LogP contribution in [0.4, 0.5) is 17.6 Å². The molecular formula is C22H20F4N6. The molecule has 6 nitrogen and oxygen atoms in total. The summed E-state index contributed by atoms with van der Waals surface area (Å²) in [5.74, 6) is -3.28. The third-order valence-electron chi connectivity index (χ3n) is 5.00. The predicted molar refractivity (Wildman–Crippen MR) is 114 cm³/mol. The van der Waals surface area contributed by atoms with E-state index in [4.69, 9.17) is 5.73 Å². The van der Waals surface area contributed by atoms with Crippen LogP contribution in [0.15, 0.2) is 41.5 Å². The number of hydrogen-bond acceptors (Lipinski definition) is 5. The number of aromatic nitrogens is 3. The molecule has 1 aromatic carbocycles. The average Bonchev–Trinajstić information content (AvgIpc) is 3.06. The Morgan fingerprint density at radius 2 is 2.03 bits per heavy atom. The Labute approximate surface area is 181 Å². The summed E-state index contributed by atoms with van der Waals surface area (Å²) in [4.78, 5) is 12.7. The maximum Gasteiger partial charge on any atom is 0.309 e. The lowest BCUT2D eigenvalue weighted by molar-refractivity contribution is -0.130. The highest BCUT2D eigenvalue weighted by Crippen LogP contribution is 2.30. The zero-order valence-corrected chi connectivity index (χ0v) is 17.4. The number of fused-ring (bicyclic) bond motifs is 1. The number of pyridine rings is 1. The van der Waals surface area contributed by atoms with Crippen LogP contribution in [0.25, 0.3) is 27.9 Å². The fraction of sp³-hybridized carbons (Fsp3) is 0.273. The Bertz CT molecular complexity index is 1240. The first-order valence-corrected chi connectivity index (χ1v) is 9.60. The van der Waals surface area contributed by atoms with Crippen LogP contribution in [0.3, 0.4) is 0 Å². The van der Waals surface area contributed by atoms with Crippen molar-refractivity contribution < 1.29 is 17.6 Å². The molecule has 2 aromatic heterocycles. The second-order valence-electron chi connectivity index (χ2n) is 7.10.